The predicted molar refractivity (Wildman–Crippen MR) is 103 cm³/mol. The normalized spacial score (nSPS) is 15.1. The van der Waals surface area contributed by atoms with Gasteiger partial charge in [0.25, 0.3) is 0 Å². The van der Waals surface area contributed by atoms with Crippen LogP contribution in [0, 0.1) is 11.3 Å². The van der Waals surface area contributed by atoms with Gasteiger partial charge in [0.1, 0.15) is 0 Å². The zero-order valence-electron chi connectivity index (χ0n) is 15.0. The maximum absolute atomic E-state index is 8.89. The molecular formula is C22H27N3. The second kappa shape index (κ2) is 8.69. The minimum absolute atomic E-state index is 0.707. The lowest BCUT2D eigenvalue weighted by Crippen LogP contribution is -2.33. The molecule has 0 aliphatic heterocycles. The van der Waals surface area contributed by atoms with Crippen LogP contribution in [0.2, 0.25) is 0 Å². The highest BCUT2D eigenvalue weighted by Crippen LogP contribution is 2.25. The van der Waals surface area contributed by atoms with Crippen molar-refractivity contribution >= 4 is 5.69 Å². The number of nitriles is 1. The second-order valence-electron chi connectivity index (χ2n) is 7.03. The lowest BCUT2D eigenvalue weighted by molar-refractivity contribution is 0.185. The van der Waals surface area contributed by atoms with Crippen LogP contribution >= 0.6 is 0 Å². The van der Waals surface area contributed by atoms with Crippen molar-refractivity contribution in [3.63, 3.8) is 0 Å². The first-order valence-electron chi connectivity index (χ1n) is 9.27. The van der Waals surface area contributed by atoms with E-state index in [4.69, 9.17) is 5.26 Å². The van der Waals surface area contributed by atoms with Crippen molar-refractivity contribution in [2.45, 2.75) is 51.2 Å². The molecule has 0 heterocycles. The first-order valence-corrected chi connectivity index (χ1v) is 9.27. The van der Waals surface area contributed by atoms with E-state index < -0.39 is 0 Å². The van der Waals surface area contributed by atoms with E-state index in [-0.39, 0.29) is 0 Å². The topological polar surface area (TPSA) is 39.1 Å². The molecule has 130 valence electrons. The Labute approximate surface area is 151 Å². The average Bonchev–Trinajstić information content (AvgIpc) is 2.68. The number of rotatable bonds is 6. The highest BCUT2D eigenvalue weighted by atomic mass is 15.1. The van der Waals surface area contributed by atoms with E-state index >= 15 is 0 Å². The van der Waals surface area contributed by atoms with Crippen molar-refractivity contribution in [3.05, 3.63) is 65.2 Å². The highest BCUT2D eigenvalue weighted by molar-refractivity contribution is 5.51. The molecule has 2 aromatic rings. The SMILES string of the molecule is CN(Cc1ccccc1NCc1ccc(C#N)cc1)C1CCCCC1. The number of hydrogen-bond acceptors (Lipinski definition) is 3. The molecule has 25 heavy (non-hydrogen) atoms. The minimum atomic E-state index is 0.707. The van der Waals surface area contributed by atoms with E-state index in [1.807, 2.05) is 24.3 Å². The van der Waals surface area contributed by atoms with Gasteiger partial charge in [-0.15, -0.1) is 0 Å². The summed E-state index contributed by atoms with van der Waals surface area (Å²) in [5.74, 6) is 0. The van der Waals surface area contributed by atoms with Gasteiger partial charge in [0.15, 0.2) is 0 Å². The molecule has 1 N–H and O–H groups in total. The van der Waals surface area contributed by atoms with Gasteiger partial charge in [-0.1, -0.05) is 49.6 Å². The largest absolute Gasteiger partial charge is 0.381 e. The van der Waals surface area contributed by atoms with Crippen LogP contribution in [0.3, 0.4) is 0 Å². The lowest BCUT2D eigenvalue weighted by atomic mass is 9.94. The average molecular weight is 333 g/mol. The summed E-state index contributed by atoms with van der Waals surface area (Å²) >= 11 is 0. The Kier molecular flexibility index (Phi) is 6.09. The minimum Gasteiger partial charge on any atom is -0.381 e. The molecule has 1 saturated carbocycles. The summed E-state index contributed by atoms with van der Waals surface area (Å²) in [4.78, 5) is 2.52. The number of para-hydroxylation sites is 1. The molecule has 0 saturated heterocycles. The van der Waals surface area contributed by atoms with Gasteiger partial charge in [0.2, 0.25) is 0 Å². The first kappa shape index (κ1) is 17.5. The summed E-state index contributed by atoms with van der Waals surface area (Å²) in [5.41, 5.74) is 4.45. The molecule has 1 aliphatic rings. The molecule has 0 radical (unpaired) electrons. The molecule has 2 aromatic carbocycles. The van der Waals surface area contributed by atoms with Crippen molar-refractivity contribution in [2.24, 2.45) is 0 Å². The summed E-state index contributed by atoms with van der Waals surface area (Å²) in [7, 11) is 2.26. The molecule has 0 aromatic heterocycles. The van der Waals surface area contributed by atoms with E-state index in [1.165, 1.54) is 48.9 Å². The molecule has 1 aliphatic carbocycles. The Hall–Kier alpha value is -2.31. The molecule has 0 atom stereocenters. The van der Waals surface area contributed by atoms with Crippen LogP contribution in [0.1, 0.15) is 48.8 Å². The van der Waals surface area contributed by atoms with Crippen LogP contribution < -0.4 is 5.32 Å². The van der Waals surface area contributed by atoms with Gasteiger partial charge in [-0.3, -0.25) is 4.90 Å². The molecule has 3 rings (SSSR count). The van der Waals surface area contributed by atoms with Crippen LogP contribution in [0.5, 0.6) is 0 Å². The third kappa shape index (κ3) is 4.84. The third-order valence-corrected chi connectivity index (χ3v) is 5.20. The quantitative estimate of drug-likeness (QED) is 0.814. The molecule has 0 amide bonds. The van der Waals surface area contributed by atoms with Gasteiger partial charge in [-0.25, -0.2) is 0 Å². The maximum Gasteiger partial charge on any atom is 0.0991 e. The summed E-state index contributed by atoms with van der Waals surface area (Å²) < 4.78 is 0. The van der Waals surface area contributed by atoms with E-state index in [9.17, 15) is 0 Å². The monoisotopic (exact) mass is 333 g/mol. The summed E-state index contributed by atoms with van der Waals surface area (Å²) in [6.45, 7) is 1.76. The molecule has 3 heteroatoms. The molecule has 0 bridgehead atoms. The molecule has 3 nitrogen and oxygen atoms in total. The standard InChI is InChI=1S/C22H27N3/c1-25(21-8-3-2-4-9-21)17-20-7-5-6-10-22(20)24-16-19-13-11-18(15-23)12-14-19/h5-7,10-14,21,24H,2-4,8-9,16-17H2,1H3. The number of benzene rings is 2. The van der Waals surface area contributed by atoms with Gasteiger partial charge in [-0.05, 0) is 49.2 Å². The lowest BCUT2D eigenvalue weighted by Gasteiger charge is -2.31. The Morgan fingerprint density at radius 2 is 1.76 bits per heavy atom. The second-order valence-corrected chi connectivity index (χ2v) is 7.03. The van der Waals surface area contributed by atoms with E-state index in [1.54, 1.807) is 0 Å². The van der Waals surface area contributed by atoms with Gasteiger partial charge in [0, 0.05) is 24.8 Å². The Balaban J connectivity index is 1.62. The van der Waals surface area contributed by atoms with E-state index in [0.29, 0.717) is 5.56 Å². The fraction of sp³-hybridized carbons (Fsp3) is 0.409. The highest BCUT2D eigenvalue weighted by Gasteiger charge is 2.18. The van der Waals surface area contributed by atoms with Gasteiger partial charge >= 0.3 is 0 Å². The molecular weight excluding hydrogens is 306 g/mol. The summed E-state index contributed by atoms with van der Waals surface area (Å²) in [6.07, 6.45) is 6.79. The first-order chi connectivity index (χ1) is 12.3. The summed E-state index contributed by atoms with van der Waals surface area (Å²) in [6, 6.07) is 19.3. The molecule has 1 fully saturated rings. The predicted octanol–water partition coefficient (Wildman–Crippen LogP) is 4.93. The van der Waals surface area contributed by atoms with Crippen molar-refractivity contribution in [3.8, 4) is 6.07 Å². The maximum atomic E-state index is 8.89. The Bertz CT molecular complexity index is 709. The third-order valence-electron chi connectivity index (χ3n) is 5.20. The van der Waals surface area contributed by atoms with Crippen LogP contribution in [0.15, 0.2) is 48.5 Å². The number of hydrogen-bond donors (Lipinski definition) is 1. The smallest absolute Gasteiger partial charge is 0.0991 e. The molecule has 0 spiro atoms. The van der Waals surface area contributed by atoms with Gasteiger partial charge in [0.05, 0.1) is 11.6 Å². The Morgan fingerprint density at radius 1 is 1.04 bits per heavy atom. The van der Waals surface area contributed by atoms with Crippen LogP contribution in [0.4, 0.5) is 5.69 Å². The fourth-order valence-electron chi connectivity index (χ4n) is 3.64. The fourth-order valence-corrected chi connectivity index (χ4v) is 3.64. The van der Waals surface area contributed by atoms with Crippen molar-refractivity contribution in [1.82, 2.24) is 4.90 Å². The van der Waals surface area contributed by atoms with Crippen LogP contribution in [-0.4, -0.2) is 18.0 Å². The van der Waals surface area contributed by atoms with E-state index in [2.05, 4.69) is 47.6 Å². The van der Waals surface area contributed by atoms with Gasteiger partial charge < -0.3 is 5.32 Å². The number of nitrogens with one attached hydrogen (secondary N) is 1. The zero-order chi connectivity index (χ0) is 17.5. The van der Waals surface area contributed by atoms with Crippen molar-refractivity contribution in [1.29, 1.82) is 5.26 Å². The van der Waals surface area contributed by atoms with Crippen molar-refractivity contribution in [2.75, 3.05) is 12.4 Å². The van der Waals surface area contributed by atoms with Crippen molar-refractivity contribution < 1.29 is 0 Å². The van der Waals surface area contributed by atoms with Gasteiger partial charge in [-0.2, -0.15) is 5.26 Å². The van der Waals surface area contributed by atoms with E-state index in [0.717, 1.165) is 19.1 Å². The number of anilines is 1. The number of nitrogens with zero attached hydrogens (tertiary/aromatic N) is 2. The Morgan fingerprint density at radius 3 is 2.48 bits per heavy atom. The molecule has 0 unspecified atom stereocenters. The van der Waals surface area contributed by atoms with Crippen LogP contribution in [0.25, 0.3) is 0 Å². The summed E-state index contributed by atoms with van der Waals surface area (Å²) in [5, 5.41) is 12.5. The zero-order valence-corrected chi connectivity index (χ0v) is 15.0. The van der Waals surface area contributed by atoms with Crippen LogP contribution in [-0.2, 0) is 13.1 Å².